The van der Waals surface area contributed by atoms with E-state index >= 15 is 0 Å². The average molecular weight is 389 g/mol. The van der Waals surface area contributed by atoms with Gasteiger partial charge in [0.25, 0.3) is 0 Å². The van der Waals surface area contributed by atoms with Crippen molar-refractivity contribution in [3.63, 3.8) is 0 Å². The topological polar surface area (TPSA) is 52.0 Å². The molecule has 0 amide bonds. The van der Waals surface area contributed by atoms with Crippen LogP contribution >= 0.6 is 0 Å². The maximum absolute atomic E-state index is 6.82. The van der Waals surface area contributed by atoms with Crippen LogP contribution in [0.2, 0.25) is 0 Å². The van der Waals surface area contributed by atoms with E-state index in [4.69, 9.17) is 11.5 Å². The van der Waals surface area contributed by atoms with E-state index in [1.165, 1.54) is 16.7 Å². The summed E-state index contributed by atoms with van der Waals surface area (Å²) in [6.45, 7) is 4.24. The lowest BCUT2D eigenvalue weighted by molar-refractivity contribution is 1.46. The molecule has 0 spiro atoms. The Morgan fingerprint density at radius 1 is 0.533 bits per heavy atom. The number of nitrogen functional groups attached to an aromatic ring is 2. The molecule has 4 N–H and O–H groups in total. The van der Waals surface area contributed by atoms with Crippen molar-refractivity contribution in [1.82, 2.24) is 0 Å². The molecule has 0 unspecified atom stereocenters. The third kappa shape index (κ3) is 2.81. The fraction of sp³-hybridized carbons (Fsp3) is 0.0714. The average Bonchev–Trinajstić information content (AvgIpc) is 2.76. The number of hydrogen-bond donors (Lipinski definition) is 2. The summed E-state index contributed by atoms with van der Waals surface area (Å²) in [5.41, 5.74) is 22.1. The van der Waals surface area contributed by atoms with Gasteiger partial charge in [-0.25, -0.2) is 0 Å². The highest BCUT2D eigenvalue weighted by atomic mass is 14.6. The van der Waals surface area contributed by atoms with Gasteiger partial charge in [0.15, 0.2) is 0 Å². The SMILES string of the molecule is Cc1cccc(-c2ccc3c(N)c4ccccc4c(N)c3c2-c2cccc(C)c2)c1. The van der Waals surface area contributed by atoms with Crippen LogP contribution in [0.15, 0.2) is 84.9 Å². The highest BCUT2D eigenvalue weighted by Crippen LogP contribution is 2.45. The minimum absolute atomic E-state index is 0.777. The Bertz CT molecular complexity index is 1430. The number of benzene rings is 5. The van der Waals surface area contributed by atoms with Crippen molar-refractivity contribution in [3.05, 3.63) is 96.1 Å². The predicted octanol–water partition coefficient (Wildman–Crippen LogP) is 7.11. The highest BCUT2D eigenvalue weighted by molar-refractivity contribution is 6.23. The number of hydrogen-bond acceptors (Lipinski definition) is 2. The summed E-state index contributed by atoms with van der Waals surface area (Å²) < 4.78 is 0. The van der Waals surface area contributed by atoms with Crippen molar-refractivity contribution in [3.8, 4) is 22.3 Å². The molecule has 0 saturated carbocycles. The van der Waals surface area contributed by atoms with Gasteiger partial charge in [0.2, 0.25) is 0 Å². The first-order chi connectivity index (χ1) is 14.5. The molecular weight excluding hydrogens is 364 g/mol. The normalized spacial score (nSPS) is 11.3. The summed E-state index contributed by atoms with van der Waals surface area (Å²) in [5.74, 6) is 0. The molecular formula is C28H24N2. The second-order valence-electron chi connectivity index (χ2n) is 8.02. The maximum atomic E-state index is 6.82. The molecule has 146 valence electrons. The van der Waals surface area contributed by atoms with Gasteiger partial charge < -0.3 is 11.5 Å². The van der Waals surface area contributed by atoms with Crippen molar-refractivity contribution in [1.29, 1.82) is 0 Å². The largest absolute Gasteiger partial charge is 0.398 e. The van der Waals surface area contributed by atoms with Crippen LogP contribution in [-0.2, 0) is 0 Å². The van der Waals surface area contributed by atoms with Crippen LogP contribution in [0.25, 0.3) is 43.8 Å². The third-order valence-electron chi connectivity index (χ3n) is 5.91. The zero-order chi connectivity index (χ0) is 20.8. The predicted molar refractivity (Wildman–Crippen MR) is 131 cm³/mol. The van der Waals surface area contributed by atoms with Gasteiger partial charge in [-0.1, -0.05) is 96.1 Å². The van der Waals surface area contributed by atoms with E-state index in [0.29, 0.717) is 0 Å². The lowest BCUT2D eigenvalue weighted by Gasteiger charge is -2.19. The summed E-state index contributed by atoms with van der Waals surface area (Å²) >= 11 is 0. The van der Waals surface area contributed by atoms with Gasteiger partial charge in [-0.2, -0.15) is 0 Å². The summed E-state index contributed by atoms with van der Waals surface area (Å²) in [6, 6.07) is 29.6. The van der Waals surface area contributed by atoms with E-state index in [2.05, 4.69) is 80.6 Å². The Morgan fingerprint density at radius 2 is 1.13 bits per heavy atom. The standard InChI is InChI=1S/C28H24N2/c1-17-7-5-9-19(15-17)21-13-14-24-26(25(21)20-10-6-8-18(2)16-20)28(30)23-12-4-3-11-22(23)27(24)29/h3-16H,29-30H2,1-2H3. The highest BCUT2D eigenvalue weighted by Gasteiger charge is 2.18. The van der Waals surface area contributed by atoms with Crippen LogP contribution in [0.1, 0.15) is 11.1 Å². The molecule has 2 heteroatoms. The van der Waals surface area contributed by atoms with Gasteiger partial charge in [0.1, 0.15) is 0 Å². The molecule has 0 aliphatic rings. The molecule has 5 aromatic carbocycles. The van der Waals surface area contributed by atoms with Gasteiger partial charge in [0, 0.05) is 32.9 Å². The van der Waals surface area contributed by atoms with Crippen LogP contribution in [0.3, 0.4) is 0 Å². The molecule has 0 bridgehead atoms. The summed E-state index contributed by atoms with van der Waals surface area (Å²) in [6.07, 6.45) is 0. The minimum atomic E-state index is 0.777. The first kappa shape index (κ1) is 18.3. The molecule has 0 heterocycles. The van der Waals surface area contributed by atoms with Gasteiger partial charge in [-0.05, 0) is 36.1 Å². The molecule has 0 fully saturated rings. The van der Waals surface area contributed by atoms with Crippen molar-refractivity contribution in [2.24, 2.45) is 0 Å². The van der Waals surface area contributed by atoms with E-state index in [9.17, 15) is 0 Å². The Morgan fingerprint density at radius 3 is 1.80 bits per heavy atom. The van der Waals surface area contributed by atoms with Crippen LogP contribution in [0.4, 0.5) is 11.4 Å². The van der Waals surface area contributed by atoms with Crippen LogP contribution in [0.5, 0.6) is 0 Å². The molecule has 0 aliphatic carbocycles. The van der Waals surface area contributed by atoms with Crippen molar-refractivity contribution in [2.45, 2.75) is 13.8 Å². The summed E-state index contributed by atoms with van der Waals surface area (Å²) in [4.78, 5) is 0. The quantitative estimate of drug-likeness (QED) is 0.192. The Hall–Kier alpha value is -3.78. The zero-order valence-electron chi connectivity index (χ0n) is 17.2. The fourth-order valence-corrected chi connectivity index (χ4v) is 4.49. The molecule has 0 saturated heterocycles. The Kier molecular flexibility index (Phi) is 4.22. The van der Waals surface area contributed by atoms with Gasteiger partial charge in [0.05, 0.1) is 0 Å². The first-order valence-corrected chi connectivity index (χ1v) is 10.2. The molecule has 0 atom stereocenters. The number of anilines is 2. The molecule has 2 nitrogen and oxygen atoms in total. The lowest BCUT2D eigenvalue weighted by Crippen LogP contribution is -1.99. The van der Waals surface area contributed by atoms with Crippen LogP contribution < -0.4 is 11.5 Å². The van der Waals surface area contributed by atoms with E-state index < -0.39 is 0 Å². The number of fused-ring (bicyclic) bond motifs is 2. The van der Waals surface area contributed by atoms with E-state index in [1.807, 2.05) is 18.2 Å². The van der Waals surface area contributed by atoms with Gasteiger partial charge >= 0.3 is 0 Å². The van der Waals surface area contributed by atoms with Crippen LogP contribution in [0, 0.1) is 13.8 Å². The first-order valence-electron chi connectivity index (χ1n) is 10.2. The molecule has 0 radical (unpaired) electrons. The molecule has 5 rings (SSSR count). The lowest BCUT2D eigenvalue weighted by atomic mass is 9.86. The van der Waals surface area contributed by atoms with Gasteiger partial charge in [-0.3, -0.25) is 0 Å². The number of aryl methyl sites for hydroxylation is 2. The van der Waals surface area contributed by atoms with Crippen molar-refractivity contribution < 1.29 is 0 Å². The summed E-state index contributed by atoms with van der Waals surface area (Å²) in [5, 5.41) is 4.02. The van der Waals surface area contributed by atoms with Crippen LogP contribution in [-0.4, -0.2) is 0 Å². The fourth-order valence-electron chi connectivity index (χ4n) is 4.49. The molecule has 0 aliphatic heterocycles. The Labute approximate surface area is 176 Å². The smallest absolute Gasteiger partial charge is 0.0481 e. The summed E-state index contributed by atoms with van der Waals surface area (Å²) in [7, 11) is 0. The zero-order valence-corrected chi connectivity index (χ0v) is 17.2. The van der Waals surface area contributed by atoms with E-state index in [1.54, 1.807) is 0 Å². The molecule has 30 heavy (non-hydrogen) atoms. The molecule has 5 aromatic rings. The van der Waals surface area contributed by atoms with Crippen molar-refractivity contribution in [2.75, 3.05) is 11.5 Å². The number of nitrogens with two attached hydrogens (primary N) is 2. The maximum Gasteiger partial charge on any atom is 0.0481 e. The number of rotatable bonds is 2. The monoisotopic (exact) mass is 388 g/mol. The minimum Gasteiger partial charge on any atom is -0.398 e. The van der Waals surface area contributed by atoms with E-state index in [-0.39, 0.29) is 0 Å². The third-order valence-corrected chi connectivity index (χ3v) is 5.91. The van der Waals surface area contributed by atoms with Crippen molar-refractivity contribution >= 4 is 32.9 Å². The molecule has 0 aromatic heterocycles. The van der Waals surface area contributed by atoms with Gasteiger partial charge in [-0.15, -0.1) is 0 Å². The second-order valence-corrected chi connectivity index (χ2v) is 8.02. The Balaban J connectivity index is 2.00. The van der Waals surface area contributed by atoms with E-state index in [0.717, 1.165) is 49.6 Å². The second kappa shape index (κ2) is 6.93.